The summed E-state index contributed by atoms with van der Waals surface area (Å²) in [7, 11) is 0. The van der Waals surface area contributed by atoms with E-state index in [1.54, 1.807) is 0 Å². The zero-order chi connectivity index (χ0) is 8.43. The Labute approximate surface area is 64.5 Å². The normalized spacial score (nSPS) is 13.0. The lowest BCUT2D eigenvalue weighted by molar-refractivity contribution is 0.194. The maximum atomic E-state index is 12.8. The van der Waals surface area contributed by atoms with E-state index >= 15 is 0 Å². The molecule has 0 aliphatic rings. The molecule has 0 saturated carbocycles. The Bertz CT molecular complexity index is 260. The molecule has 0 aromatic heterocycles. The molecule has 1 atom stereocenters. The second-order valence-electron chi connectivity index (χ2n) is 2.46. The van der Waals surface area contributed by atoms with Gasteiger partial charge in [-0.15, -0.1) is 0 Å². The molecule has 0 heterocycles. The van der Waals surface area contributed by atoms with Crippen LogP contribution in [0.2, 0.25) is 0 Å². The minimum absolute atomic E-state index is 0.241. The number of benzene rings is 1. The largest absolute Gasteiger partial charge is 0.399 e. The number of rotatable bonds is 1. The van der Waals surface area contributed by atoms with Crippen LogP contribution in [0, 0.1) is 5.82 Å². The smallest absolute Gasteiger partial charge is 0.129 e. The molecule has 0 aliphatic carbocycles. The quantitative estimate of drug-likeness (QED) is 0.603. The van der Waals surface area contributed by atoms with Crippen LogP contribution in [0.4, 0.5) is 10.1 Å². The summed E-state index contributed by atoms with van der Waals surface area (Å²) in [5.41, 5.74) is 6.09. The lowest BCUT2D eigenvalue weighted by Crippen LogP contribution is -1.97. The van der Waals surface area contributed by atoms with Crippen molar-refractivity contribution in [2.45, 2.75) is 13.0 Å². The van der Waals surface area contributed by atoms with Gasteiger partial charge < -0.3 is 10.8 Å². The second kappa shape index (κ2) is 2.88. The number of aliphatic hydroxyl groups excluding tert-OH is 1. The molecule has 3 heteroatoms. The molecule has 0 spiro atoms. The topological polar surface area (TPSA) is 46.2 Å². The number of nitrogens with two attached hydrogens (primary N) is 1. The fraction of sp³-hybridized carbons (Fsp3) is 0.250. The Morgan fingerprint density at radius 3 is 2.64 bits per heavy atom. The summed E-state index contributed by atoms with van der Waals surface area (Å²) in [5, 5.41) is 9.03. The predicted molar refractivity (Wildman–Crippen MR) is 41.4 cm³/mol. The average Bonchev–Trinajstić information content (AvgIpc) is 1.94. The Balaban J connectivity index is 3.13. The number of anilines is 1. The summed E-state index contributed by atoms with van der Waals surface area (Å²) in [5.74, 6) is -0.422. The van der Waals surface area contributed by atoms with Crippen molar-refractivity contribution in [2.75, 3.05) is 5.73 Å². The first kappa shape index (κ1) is 8.01. The molecule has 1 aromatic rings. The molecule has 3 N–H and O–H groups in total. The first-order valence-corrected chi connectivity index (χ1v) is 3.34. The van der Waals surface area contributed by atoms with E-state index < -0.39 is 11.9 Å². The molecule has 0 bridgehead atoms. The van der Waals surface area contributed by atoms with Gasteiger partial charge in [0, 0.05) is 11.3 Å². The number of nitrogen functional groups attached to an aromatic ring is 1. The number of halogens is 1. The number of hydrogen-bond donors (Lipinski definition) is 2. The van der Waals surface area contributed by atoms with Crippen LogP contribution < -0.4 is 5.73 Å². The molecule has 2 nitrogen and oxygen atoms in total. The van der Waals surface area contributed by atoms with E-state index in [1.165, 1.54) is 25.1 Å². The van der Waals surface area contributed by atoms with Gasteiger partial charge in [0.1, 0.15) is 5.82 Å². The van der Waals surface area contributed by atoms with Crippen LogP contribution in [-0.2, 0) is 0 Å². The van der Waals surface area contributed by atoms with Gasteiger partial charge in [-0.1, -0.05) is 0 Å². The fourth-order valence-electron chi connectivity index (χ4n) is 0.882. The highest BCUT2D eigenvalue weighted by molar-refractivity contribution is 5.41. The Morgan fingerprint density at radius 2 is 2.18 bits per heavy atom. The summed E-state index contributed by atoms with van der Waals surface area (Å²) in [6.07, 6.45) is -0.807. The molecule has 1 rings (SSSR count). The summed E-state index contributed by atoms with van der Waals surface area (Å²) in [6, 6.07) is 4.14. The van der Waals surface area contributed by atoms with Crippen molar-refractivity contribution in [2.24, 2.45) is 0 Å². The third-order valence-electron chi connectivity index (χ3n) is 1.47. The van der Waals surface area contributed by atoms with Gasteiger partial charge in [-0.05, 0) is 25.1 Å². The first-order valence-electron chi connectivity index (χ1n) is 3.34. The van der Waals surface area contributed by atoms with Crippen LogP contribution in [0.15, 0.2) is 18.2 Å². The number of hydrogen-bond acceptors (Lipinski definition) is 2. The first-order chi connectivity index (χ1) is 5.11. The van der Waals surface area contributed by atoms with Crippen LogP contribution in [0.1, 0.15) is 18.6 Å². The van der Waals surface area contributed by atoms with Gasteiger partial charge in [0.05, 0.1) is 6.10 Å². The SMILES string of the molecule is C[C@@H](O)c1cc(N)ccc1F. The highest BCUT2D eigenvalue weighted by Gasteiger charge is 2.06. The maximum Gasteiger partial charge on any atom is 0.129 e. The lowest BCUT2D eigenvalue weighted by atomic mass is 10.1. The molecule has 60 valence electrons. The summed E-state index contributed by atoms with van der Waals surface area (Å²) in [6.45, 7) is 1.50. The molecule has 0 amide bonds. The Kier molecular flexibility index (Phi) is 2.10. The van der Waals surface area contributed by atoms with Crippen LogP contribution in [0.3, 0.4) is 0 Å². The van der Waals surface area contributed by atoms with Crippen molar-refractivity contribution in [1.29, 1.82) is 0 Å². The van der Waals surface area contributed by atoms with E-state index in [1.807, 2.05) is 0 Å². The zero-order valence-electron chi connectivity index (χ0n) is 6.21. The van der Waals surface area contributed by atoms with E-state index in [-0.39, 0.29) is 5.56 Å². The van der Waals surface area contributed by atoms with Gasteiger partial charge in [-0.25, -0.2) is 4.39 Å². The Morgan fingerprint density at radius 1 is 1.55 bits per heavy atom. The van der Waals surface area contributed by atoms with Crippen molar-refractivity contribution in [1.82, 2.24) is 0 Å². The van der Waals surface area contributed by atoms with Crippen molar-refractivity contribution in [3.05, 3.63) is 29.6 Å². The number of aliphatic hydroxyl groups is 1. The summed E-state index contributed by atoms with van der Waals surface area (Å²) < 4.78 is 12.8. The van der Waals surface area contributed by atoms with Crippen molar-refractivity contribution in [3.63, 3.8) is 0 Å². The minimum Gasteiger partial charge on any atom is -0.399 e. The van der Waals surface area contributed by atoms with Gasteiger partial charge in [0.2, 0.25) is 0 Å². The third-order valence-corrected chi connectivity index (χ3v) is 1.47. The van der Waals surface area contributed by atoms with E-state index in [9.17, 15) is 4.39 Å². The van der Waals surface area contributed by atoms with Crippen molar-refractivity contribution < 1.29 is 9.50 Å². The van der Waals surface area contributed by atoms with E-state index in [0.29, 0.717) is 5.69 Å². The van der Waals surface area contributed by atoms with Crippen LogP contribution in [0.5, 0.6) is 0 Å². The minimum atomic E-state index is -0.807. The molecule has 0 fully saturated rings. The molecule has 11 heavy (non-hydrogen) atoms. The molecule has 0 unspecified atom stereocenters. The summed E-state index contributed by atoms with van der Waals surface area (Å²) in [4.78, 5) is 0. The van der Waals surface area contributed by atoms with E-state index in [2.05, 4.69) is 0 Å². The maximum absolute atomic E-state index is 12.8. The lowest BCUT2D eigenvalue weighted by Gasteiger charge is -2.05. The van der Waals surface area contributed by atoms with Crippen LogP contribution >= 0.6 is 0 Å². The predicted octanol–water partition coefficient (Wildman–Crippen LogP) is 1.46. The monoisotopic (exact) mass is 155 g/mol. The molecule has 1 aromatic carbocycles. The second-order valence-corrected chi connectivity index (χ2v) is 2.46. The zero-order valence-corrected chi connectivity index (χ0v) is 6.21. The third kappa shape index (κ3) is 1.68. The van der Waals surface area contributed by atoms with E-state index in [4.69, 9.17) is 10.8 Å². The highest BCUT2D eigenvalue weighted by Crippen LogP contribution is 2.18. The highest BCUT2D eigenvalue weighted by atomic mass is 19.1. The molecule has 0 radical (unpaired) electrons. The molecular weight excluding hydrogens is 145 g/mol. The standard InChI is InChI=1S/C8H10FNO/c1-5(11)7-4-6(10)2-3-8(7)9/h2-5,11H,10H2,1H3/t5-/m1/s1. The van der Waals surface area contributed by atoms with Gasteiger partial charge >= 0.3 is 0 Å². The van der Waals surface area contributed by atoms with Gasteiger partial charge in [-0.3, -0.25) is 0 Å². The van der Waals surface area contributed by atoms with Gasteiger partial charge in [0.15, 0.2) is 0 Å². The van der Waals surface area contributed by atoms with Crippen LogP contribution in [-0.4, -0.2) is 5.11 Å². The van der Waals surface area contributed by atoms with E-state index in [0.717, 1.165) is 0 Å². The fourth-order valence-corrected chi connectivity index (χ4v) is 0.882. The molecule has 0 aliphatic heterocycles. The van der Waals surface area contributed by atoms with Crippen molar-refractivity contribution in [3.8, 4) is 0 Å². The summed E-state index contributed by atoms with van der Waals surface area (Å²) >= 11 is 0. The van der Waals surface area contributed by atoms with Crippen LogP contribution in [0.25, 0.3) is 0 Å². The van der Waals surface area contributed by atoms with Crippen molar-refractivity contribution >= 4 is 5.69 Å². The van der Waals surface area contributed by atoms with Gasteiger partial charge in [0.25, 0.3) is 0 Å². The average molecular weight is 155 g/mol. The Hall–Kier alpha value is -1.09. The molecular formula is C8H10FNO. The van der Waals surface area contributed by atoms with Gasteiger partial charge in [-0.2, -0.15) is 0 Å². The molecule has 0 saturated heterocycles.